The third-order valence-corrected chi connectivity index (χ3v) is 16.4. The average Bonchev–Trinajstić information content (AvgIpc) is 3.80. The smallest absolute Gasteiger partial charge is 0.192 e. The third-order valence-electron chi connectivity index (χ3n) is 16.4. The summed E-state index contributed by atoms with van der Waals surface area (Å²) in [7, 11) is 0. The molecule has 0 aliphatic rings. The van der Waals surface area contributed by atoms with Crippen molar-refractivity contribution in [2.75, 3.05) is 0 Å². The van der Waals surface area contributed by atoms with Crippen LogP contribution in [0, 0.1) is 0 Å². The van der Waals surface area contributed by atoms with Crippen LogP contribution in [0.25, 0.3) is 0 Å². The molecular weight excluding hydrogens is 897 g/mol. The summed E-state index contributed by atoms with van der Waals surface area (Å²) < 4.78 is 0. The van der Waals surface area contributed by atoms with Gasteiger partial charge in [-0.05, 0) is 0 Å². The van der Waals surface area contributed by atoms with Gasteiger partial charge >= 0.3 is 17.1 Å². The Morgan fingerprint density at radius 1 is 0.183 bits per heavy atom. The molecule has 2 rings (SSSR count). The van der Waals surface area contributed by atoms with E-state index in [1.165, 1.54) is 321 Å². The van der Waals surface area contributed by atoms with Gasteiger partial charge in [0, 0.05) is 0 Å². The van der Waals surface area contributed by atoms with Crippen LogP contribution < -0.4 is 0 Å². The zero-order valence-corrected chi connectivity index (χ0v) is 51.8. The second kappa shape index (κ2) is 51.3. The topological polar surface area (TPSA) is 0 Å². The van der Waals surface area contributed by atoms with Gasteiger partial charge in [-0.25, -0.2) is 0 Å². The fourth-order valence-electron chi connectivity index (χ4n) is 12.1. The van der Waals surface area contributed by atoms with Gasteiger partial charge in [0.1, 0.15) is 0 Å². The Morgan fingerprint density at radius 3 is 0.507 bits per heavy atom. The van der Waals surface area contributed by atoms with Crippen LogP contribution in [-0.4, -0.2) is 0 Å². The Morgan fingerprint density at radius 2 is 0.338 bits per heavy atom. The molecular formula is C70H130Fe. The van der Waals surface area contributed by atoms with Gasteiger partial charge in [0.05, 0.1) is 0 Å². The first-order valence-electron chi connectivity index (χ1n) is 33.1. The Bertz CT molecular complexity index is 1020. The normalized spacial score (nSPS) is 11.4. The molecule has 0 aromatic heterocycles. The van der Waals surface area contributed by atoms with Crippen LogP contribution in [0.4, 0.5) is 0 Å². The minimum Gasteiger partial charge on any atom is -0.192 e. The van der Waals surface area contributed by atoms with Crippen molar-refractivity contribution in [2.45, 2.75) is 390 Å². The molecule has 71 heavy (non-hydrogen) atoms. The second-order valence-electron chi connectivity index (χ2n) is 22.9. The molecule has 0 fully saturated rings. The van der Waals surface area contributed by atoms with Gasteiger partial charge < -0.3 is 0 Å². The molecule has 2 aromatic rings. The van der Waals surface area contributed by atoms with Crippen LogP contribution >= 0.6 is 0 Å². The Hall–Kier alpha value is -0.781. The summed E-state index contributed by atoms with van der Waals surface area (Å²) in [6, 6.07) is 0. The second-order valence-corrected chi connectivity index (χ2v) is 22.9. The Labute approximate surface area is 460 Å². The fourth-order valence-corrected chi connectivity index (χ4v) is 12.1. The molecule has 2 aromatic carbocycles. The van der Waals surface area contributed by atoms with E-state index in [1.807, 2.05) is 55.6 Å². The average molecular weight is 1030 g/mol. The zero-order chi connectivity index (χ0) is 51.1. The van der Waals surface area contributed by atoms with Gasteiger partial charge in [0.2, 0.25) is 0 Å². The fraction of sp³-hybridized carbons (Fsp3) is 0.857. The van der Waals surface area contributed by atoms with Gasteiger partial charge in [0.25, 0.3) is 0 Å². The number of hydrogen-bond donors (Lipinski definition) is 0. The molecule has 0 radical (unpaired) electrons. The van der Waals surface area contributed by atoms with Crippen molar-refractivity contribution in [3.63, 3.8) is 0 Å². The van der Waals surface area contributed by atoms with Crippen LogP contribution in [0.15, 0.2) is 0 Å². The maximum atomic E-state index is 2.35. The molecule has 0 aliphatic heterocycles. The molecule has 0 spiro atoms. The van der Waals surface area contributed by atoms with Crippen molar-refractivity contribution >= 4 is 0 Å². The Balaban J connectivity index is 0.00000136. The molecule has 0 bridgehead atoms. The van der Waals surface area contributed by atoms with Crippen molar-refractivity contribution in [3.05, 3.63) is 55.6 Å². The summed E-state index contributed by atoms with van der Waals surface area (Å²) in [6.45, 7) is 23.5. The van der Waals surface area contributed by atoms with Crippen molar-refractivity contribution in [3.8, 4) is 0 Å². The van der Waals surface area contributed by atoms with Crippen molar-refractivity contribution < 1.29 is 17.1 Å². The minimum absolute atomic E-state index is 0. The maximum absolute atomic E-state index is 2.35. The van der Waals surface area contributed by atoms with E-state index in [1.54, 1.807) is 0 Å². The molecule has 0 atom stereocenters. The first kappa shape index (κ1) is 70.2. The summed E-state index contributed by atoms with van der Waals surface area (Å²) in [5.41, 5.74) is 18.7. The van der Waals surface area contributed by atoms with Gasteiger partial charge in [0.15, 0.2) is 0 Å². The van der Waals surface area contributed by atoms with E-state index in [-0.39, 0.29) is 17.1 Å². The van der Waals surface area contributed by atoms with E-state index in [2.05, 4.69) is 69.2 Å². The van der Waals surface area contributed by atoms with E-state index in [9.17, 15) is 0 Å². The number of rotatable bonds is 50. The molecule has 0 saturated carbocycles. The third kappa shape index (κ3) is 31.8. The minimum atomic E-state index is 0. The zero-order valence-electron chi connectivity index (χ0n) is 50.7. The molecule has 1 heteroatoms. The first-order chi connectivity index (χ1) is 34.5. The first-order valence-corrected chi connectivity index (χ1v) is 33.1. The van der Waals surface area contributed by atoms with E-state index in [4.69, 9.17) is 0 Å². The van der Waals surface area contributed by atoms with E-state index < -0.39 is 0 Å². The maximum Gasteiger partial charge on any atom is 2.00 e. The standard InChI is InChI=1S/2C35H65.Fe/c2*1-6-11-16-21-26-31-32(27-22-17-12-7-2)34(29-24-19-14-9-4)35(30-25-20-15-10-5)33(31)28-23-18-13-8-3;/h2*6-30H2,1-5H3;/q2*-1;+2. The monoisotopic (exact) mass is 1030 g/mol. The van der Waals surface area contributed by atoms with Gasteiger partial charge in [-0.3, -0.25) is 0 Å². The van der Waals surface area contributed by atoms with Crippen LogP contribution in [-0.2, 0) is 81.3 Å². The molecule has 0 nitrogen and oxygen atoms in total. The van der Waals surface area contributed by atoms with Gasteiger partial charge in [-0.15, -0.1) is 0 Å². The summed E-state index contributed by atoms with van der Waals surface area (Å²) >= 11 is 0. The summed E-state index contributed by atoms with van der Waals surface area (Å²) in [5.74, 6) is 0. The summed E-state index contributed by atoms with van der Waals surface area (Å²) in [6.07, 6.45) is 69.5. The number of hydrogen-bond acceptors (Lipinski definition) is 0. The van der Waals surface area contributed by atoms with Crippen LogP contribution in [0.3, 0.4) is 0 Å². The van der Waals surface area contributed by atoms with Crippen LogP contribution in [0.2, 0.25) is 0 Å². The molecule has 0 heterocycles. The van der Waals surface area contributed by atoms with Gasteiger partial charge in [-0.1, -0.05) is 390 Å². The van der Waals surface area contributed by atoms with Crippen molar-refractivity contribution in [2.24, 2.45) is 0 Å². The summed E-state index contributed by atoms with van der Waals surface area (Å²) in [5, 5.41) is 0. The molecule has 418 valence electrons. The van der Waals surface area contributed by atoms with E-state index in [0.29, 0.717) is 0 Å². The van der Waals surface area contributed by atoms with Gasteiger partial charge in [-0.2, -0.15) is 55.6 Å². The van der Waals surface area contributed by atoms with Crippen molar-refractivity contribution in [1.82, 2.24) is 0 Å². The van der Waals surface area contributed by atoms with E-state index in [0.717, 1.165) is 0 Å². The number of unbranched alkanes of at least 4 members (excludes halogenated alkanes) is 30. The molecule has 0 amide bonds. The largest absolute Gasteiger partial charge is 2.00 e. The van der Waals surface area contributed by atoms with E-state index >= 15 is 0 Å². The predicted molar refractivity (Wildman–Crippen MR) is 323 cm³/mol. The quantitative estimate of drug-likeness (QED) is 0.0352. The van der Waals surface area contributed by atoms with Crippen molar-refractivity contribution in [1.29, 1.82) is 0 Å². The predicted octanol–water partition coefficient (Wildman–Crippen LogP) is 24.0. The molecule has 0 aliphatic carbocycles. The molecule has 0 saturated heterocycles. The van der Waals surface area contributed by atoms with Crippen LogP contribution in [0.5, 0.6) is 0 Å². The SMILES string of the molecule is CCCCCCc1c(CCCCCC)c(CCCCCC)[c-](CCCCCC)c1CCCCCC.CCCCCCc1c(CCCCCC)c(CCCCCC)[c-](CCCCCC)c1CCCCCC.[Fe+2]. The Kier molecular flexibility index (Phi) is 50.8. The van der Waals surface area contributed by atoms with Crippen LogP contribution in [0.1, 0.15) is 382 Å². The molecule has 0 unspecified atom stereocenters. The molecule has 0 N–H and O–H groups in total. The summed E-state index contributed by atoms with van der Waals surface area (Å²) in [4.78, 5) is 0.